The molecule has 0 saturated heterocycles. The molecule has 0 aliphatic carbocycles. The molecule has 1 heterocycles. The van der Waals surface area contributed by atoms with Crippen LogP contribution in [-0.2, 0) is 11.3 Å². The average Bonchev–Trinajstić information content (AvgIpc) is 2.49. The molecule has 0 amide bonds. The molecule has 1 aromatic carbocycles. The summed E-state index contributed by atoms with van der Waals surface area (Å²) in [7, 11) is 3.85. The van der Waals surface area contributed by atoms with Crippen molar-refractivity contribution in [2.75, 3.05) is 40.4 Å². The fourth-order valence-corrected chi connectivity index (χ4v) is 2.20. The third kappa shape index (κ3) is 4.27. The van der Waals surface area contributed by atoms with Crippen molar-refractivity contribution in [2.45, 2.75) is 6.54 Å². The van der Waals surface area contributed by atoms with Gasteiger partial charge in [0.1, 0.15) is 0 Å². The molecule has 108 valence electrons. The third-order valence-electron chi connectivity index (χ3n) is 3.43. The first-order valence-corrected chi connectivity index (χ1v) is 7.01. The van der Waals surface area contributed by atoms with E-state index in [1.165, 1.54) is 16.3 Å². The zero-order valence-electron chi connectivity index (χ0n) is 12.3. The largest absolute Gasteiger partial charge is 0.383 e. The van der Waals surface area contributed by atoms with Crippen LogP contribution in [0.2, 0.25) is 0 Å². The van der Waals surface area contributed by atoms with E-state index in [2.05, 4.69) is 46.5 Å². The summed E-state index contributed by atoms with van der Waals surface area (Å²) < 4.78 is 5.07. The summed E-state index contributed by atoms with van der Waals surface area (Å²) in [5.74, 6) is 0. The van der Waals surface area contributed by atoms with E-state index >= 15 is 0 Å². The highest BCUT2D eigenvalue weighted by atomic mass is 16.5. The van der Waals surface area contributed by atoms with Crippen LogP contribution >= 0.6 is 0 Å². The molecule has 1 N–H and O–H groups in total. The topological polar surface area (TPSA) is 37.4 Å². The van der Waals surface area contributed by atoms with Crippen molar-refractivity contribution in [2.24, 2.45) is 0 Å². The Hall–Kier alpha value is -1.49. The molecule has 0 unspecified atom stereocenters. The van der Waals surface area contributed by atoms with E-state index in [-0.39, 0.29) is 0 Å². The Labute approximate surface area is 120 Å². The van der Waals surface area contributed by atoms with E-state index in [4.69, 9.17) is 4.74 Å². The highest BCUT2D eigenvalue weighted by Gasteiger charge is 2.01. The zero-order valence-corrected chi connectivity index (χ0v) is 12.3. The Balaban J connectivity index is 1.81. The normalized spacial score (nSPS) is 11.3. The number of ether oxygens (including phenoxy) is 1. The minimum Gasteiger partial charge on any atom is -0.383 e. The van der Waals surface area contributed by atoms with E-state index in [9.17, 15) is 0 Å². The van der Waals surface area contributed by atoms with Gasteiger partial charge in [0.15, 0.2) is 0 Å². The first kappa shape index (κ1) is 14.9. The molecule has 0 bridgehead atoms. The number of hydrogen-bond donors (Lipinski definition) is 1. The molecule has 4 nitrogen and oxygen atoms in total. The maximum atomic E-state index is 5.07. The first-order chi connectivity index (χ1) is 9.81. The molecule has 1 aromatic heterocycles. The second-order valence-corrected chi connectivity index (χ2v) is 4.99. The Morgan fingerprint density at radius 1 is 1.25 bits per heavy atom. The lowest BCUT2D eigenvalue weighted by molar-refractivity contribution is 0.161. The molecule has 0 aliphatic heterocycles. The Kier molecular flexibility index (Phi) is 5.92. The van der Waals surface area contributed by atoms with Crippen molar-refractivity contribution in [1.29, 1.82) is 0 Å². The monoisotopic (exact) mass is 273 g/mol. The van der Waals surface area contributed by atoms with Crippen LogP contribution in [0.5, 0.6) is 0 Å². The van der Waals surface area contributed by atoms with Crippen LogP contribution in [0, 0.1) is 0 Å². The summed E-state index contributed by atoms with van der Waals surface area (Å²) in [5, 5.41) is 5.98. The van der Waals surface area contributed by atoms with Gasteiger partial charge in [0, 0.05) is 51.1 Å². The summed E-state index contributed by atoms with van der Waals surface area (Å²) in [6, 6.07) is 8.44. The van der Waals surface area contributed by atoms with Gasteiger partial charge in [0.2, 0.25) is 0 Å². The molecule has 0 fully saturated rings. The van der Waals surface area contributed by atoms with Crippen LogP contribution in [0.1, 0.15) is 5.56 Å². The quantitative estimate of drug-likeness (QED) is 0.746. The van der Waals surface area contributed by atoms with E-state index < -0.39 is 0 Å². The lowest BCUT2D eigenvalue weighted by atomic mass is 10.1. The number of nitrogens with one attached hydrogen (secondary N) is 1. The summed E-state index contributed by atoms with van der Waals surface area (Å²) in [6.07, 6.45) is 3.77. The molecule has 0 saturated carbocycles. The molecule has 0 atom stereocenters. The maximum absolute atomic E-state index is 5.07. The fraction of sp³-hybridized carbons (Fsp3) is 0.438. The molecule has 0 radical (unpaired) electrons. The number of likely N-dealkylation sites (N-methyl/N-ethyl adjacent to an activating group) is 1. The van der Waals surface area contributed by atoms with Gasteiger partial charge in [0.05, 0.1) is 6.61 Å². The van der Waals surface area contributed by atoms with Crippen LogP contribution in [-0.4, -0.2) is 50.3 Å². The van der Waals surface area contributed by atoms with Crippen molar-refractivity contribution >= 4 is 10.8 Å². The number of methoxy groups -OCH3 is 1. The molecule has 20 heavy (non-hydrogen) atoms. The minimum absolute atomic E-state index is 0.785. The van der Waals surface area contributed by atoms with E-state index in [1.807, 2.05) is 12.4 Å². The molecule has 4 heteroatoms. The Morgan fingerprint density at radius 3 is 3.00 bits per heavy atom. The number of benzene rings is 1. The van der Waals surface area contributed by atoms with Crippen LogP contribution < -0.4 is 5.32 Å². The maximum Gasteiger partial charge on any atom is 0.0589 e. The average molecular weight is 273 g/mol. The van der Waals surface area contributed by atoms with Gasteiger partial charge < -0.3 is 15.0 Å². The van der Waals surface area contributed by atoms with Crippen molar-refractivity contribution in [3.05, 3.63) is 42.2 Å². The van der Waals surface area contributed by atoms with Crippen molar-refractivity contribution in [1.82, 2.24) is 15.2 Å². The molecular weight excluding hydrogens is 250 g/mol. The summed E-state index contributed by atoms with van der Waals surface area (Å²) in [5.41, 5.74) is 1.32. The highest BCUT2D eigenvalue weighted by Crippen LogP contribution is 2.16. The molecular formula is C16H23N3O. The molecule has 2 aromatic rings. The number of pyridine rings is 1. The van der Waals surface area contributed by atoms with Crippen LogP contribution in [0.3, 0.4) is 0 Å². The molecule has 2 rings (SSSR count). The molecule has 0 spiro atoms. The standard InChI is InChI=1S/C16H23N3O/c1-19(10-11-20-2)9-8-18-13-15-5-3-4-14-12-17-7-6-16(14)15/h3-7,12,18H,8-11,13H2,1-2H3. The summed E-state index contributed by atoms with van der Waals surface area (Å²) >= 11 is 0. The molecule has 0 aliphatic rings. The second-order valence-electron chi connectivity index (χ2n) is 4.99. The SMILES string of the molecule is COCCN(C)CCNCc1cccc2cnccc12. The third-order valence-corrected chi connectivity index (χ3v) is 3.43. The van der Waals surface area contributed by atoms with Gasteiger partial charge >= 0.3 is 0 Å². The predicted octanol–water partition coefficient (Wildman–Crippen LogP) is 1.90. The predicted molar refractivity (Wildman–Crippen MR) is 82.8 cm³/mol. The van der Waals surface area contributed by atoms with Crippen LogP contribution in [0.15, 0.2) is 36.7 Å². The van der Waals surface area contributed by atoms with Gasteiger partial charge in [-0.05, 0) is 24.1 Å². The van der Waals surface area contributed by atoms with Crippen molar-refractivity contribution < 1.29 is 4.74 Å². The Bertz CT molecular complexity index is 525. The van der Waals surface area contributed by atoms with Gasteiger partial charge in [-0.3, -0.25) is 4.98 Å². The van der Waals surface area contributed by atoms with E-state index in [0.29, 0.717) is 0 Å². The smallest absolute Gasteiger partial charge is 0.0589 e. The van der Waals surface area contributed by atoms with Gasteiger partial charge in [-0.15, -0.1) is 0 Å². The van der Waals surface area contributed by atoms with Crippen molar-refractivity contribution in [3.63, 3.8) is 0 Å². The Morgan fingerprint density at radius 2 is 2.15 bits per heavy atom. The number of nitrogens with zero attached hydrogens (tertiary/aromatic N) is 2. The number of hydrogen-bond acceptors (Lipinski definition) is 4. The van der Waals surface area contributed by atoms with Gasteiger partial charge in [0.25, 0.3) is 0 Å². The fourth-order valence-electron chi connectivity index (χ4n) is 2.20. The van der Waals surface area contributed by atoms with Gasteiger partial charge in [-0.25, -0.2) is 0 Å². The number of aromatic nitrogens is 1. The minimum atomic E-state index is 0.785. The van der Waals surface area contributed by atoms with E-state index in [0.717, 1.165) is 32.8 Å². The lowest BCUT2D eigenvalue weighted by Gasteiger charge is -2.16. The van der Waals surface area contributed by atoms with Gasteiger partial charge in [-0.1, -0.05) is 18.2 Å². The lowest BCUT2D eigenvalue weighted by Crippen LogP contribution is -2.31. The van der Waals surface area contributed by atoms with Crippen LogP contribution in [0.4, 0.5) is 0 Å². The van der Waals surface area contributed by atoms with Gasteiger partial charge in [-0.2, -0.15) is 0 Å². The zero-order chi connectivity index (χ0) is 14.2. The highest BCUT2D eigenvalue weighted by molar-refractivity contribution is 5.84. The van der Waals surface area contributed by atoms with Crippen molar-refractivity contribution in [3.8, 4) is 0 Å². The second kappa shape index (κ2) is 7.94. The van der Waals surface area contributed by atoms with Crippen LogP contribution in [0.25, 0.3) is 10.8 Å². The van der Waals surface area contributed by atoms with E-state index in [1.54, 1.807) is 7.11 Å². The first-order valence-electron chi connectivity index (χ1n) is 7.01. The summed E-state index contributed by atoms with van der Waals surface area (Å²) in [4.78, 5) is 6.43. The number of fused-ring (bicyclic) bond motifs is 1. The number of rotatable bonds is 8. The summed E-state index contributed by atoms with van der Waals surface area (Å²) in [6.45, 7) is 4.64.